The maximum absolute atomic E-state index is 12.1. The largest absolute Gasteiger partial charge is 0.543 e. The number of aromatic nitrogens is 2. The normalized spacial score (nSPS) is 22.8. The molecule has 1 saturated heterocycles. The fourth-order valence-electron chi connectivity index (χ4n) is 3.59. The lowest BCUT2D eigenvalue weighted by Gasteiger charge is -2.49. The third-order valence-electron chi connectivity index (χ3n) is 4.85. The quantitative estimate of drug-likeness (QED) is 0.250. The standard InChI is InChI=1S/C16H17N5O5S2/c17-11-14(24)21-12(16(25)26)8(6-28-15(11)21)3-19-4-10-20(1-2-27-10)13(19)9(5-22)18-7-23/h1-2,4,7,9,11,15,22H,3,5-6,17H2,(H-,18,23,25,26)/t9-,11-,15-/m1/s1. The number of thioether (sulfide) groups is 1. The van der Waals surface area contributed by atoms with Crippen molar-refractivity contribution in [3.05, 3.63) is 34.9 Å². The van der Waals surface area contributed by atoms with Crippen LogP contribution >= 0.6 is 23.1 Å². The van der Waals surface area contributed by atoms with Gasteiger partial charge in [-0.05, 0) is 0 Å². The Bertz CT molecular complexity index is 999. The van der Waals surface area contributed by atoms with E-state index >= 15 is 0 Å². The van der Waals surface area contributed by atoms with E-state index in [0.29, 0.717) is 23.6 Å². The molecule has 2 aliphatic rings. The number of rotatable bonds is 7. The average molecular weight is 423 g/mol. The van der Waals surface area contributed by atoms with Crippen LogP contribution in [0.2, 0.25) is 0 Å². The van der Waals surface area contributed by atoms with Gasteiger partial charge in [-0.25, -0.2) is 4.57 Å². The van der Waals surface area contributed by atoms with E-state index in [-0.39, 0.29) is 18.8 Å². The second kappa shape index (κ2) is 7.20. The number of imidazole rings is 1. The number of hydrogen-bond donors (Lipinski definition) is 3. The zero-order chi connectivity index (χ0) is 20.0. The third-order valence-corrected chi connectivity index (χ3v) is 7.01. The fourth-order valence-corrected chi connectivity index (χ4v) is 5.65. The van der Waals surface area contributed by atoms with Gasteiger partial charge in [0.25, 0.3) is 5.82 Å². The number of amides is 2. The van der Waals surface area contributed by atoms with Gasteiger partial charge in [-0.3, -0.25) is 14.5 Å². The molecule has 28 heavy (non-hydrogen) atoms. The number of β-lactam (4-membered cyclic amide) rings is 1. The highest BCUT2D eigenvalue weighted by molar-refractivity contribution is 8.00. The molecule has 0 spiro atoms. The zero-order valence-electron chi connectivity index (χ0n) is 14.5. The Balaban J connectivity index is 1.77. The monoisotopic (exact) mass is 423 g/mol. The first-order valence-electron chi connectivity index (χ1n) is 8.40. The smallest absolute Gasteiger partial charge is 0.288 e. The molecule has 0 saturated carbocycles. The highest BCUT2D eigenvalue weighted by Gasteiger charge is 2.50. The summed E-state index contributed by atoms with van der Waals surface area (Å²) in [5.41, 5.74) is 6.13. The number of nitrogens with two attached hydrogens (primary N) is 1. The molecule has 4 N–H and O–H groups in total. The van der Waals surface area contributed by atoms with Crippen LogP contribution in [-0.4, -0.2) is 56.5 Å². The number of carbonyl (C=O) groups excluding carboxylic acids is 3. The van der Waals surface area contributed by atoms with Crippen LogP contribution in [0.15, 0.2) is 29.0 Å². The van der Waals surface area contributed by atoms with Crippen molar-refractivity contribution in [3.63, 3.8) is 0 Å². The Morgan fingerprint density at radius 3 is 3.04 bits per heavy atom. The molecule has 1 fully saturated rings. The number of carboxylic acid groups (broad SMARTS) is 1. The number of fused-ring (bicyclic) bond motifs is 2. The SMILES string of the molecule is N[C@@H]1C(=O)N2C(C(=O)[O-])=C(C[n+]3cc4sccn4c3[C@@H](CO)NC=O)CS[C@H]12. The number of thiazole rings is 1. The number of carboxylic acids is 1. The Kier molecular flexibility index (Phi) is 4.87. The number of carbonyl (C=O) groups is 3. The van der Waals surface area contributed by atoms with Crippen molar-refractivity contribution in [2.24, 2.45) is 5.73 Å². The van der Waals surface area contributed by atoms with E-state index in [1.54, 1.807) is 10.8 Å². The number of aliphatic hydroxyl groups excluding tert-OH is 1. The van der Waals surface area contributed by atoms with Gasteiger partial charge in [0, 0.05) is 16.7 Å². The summed E-state index contributed by atoms with van der Waals surface area (Å²) in [6.45, 7) is -0.161. The lowest BCUT2D eigenvalue weighted by molar-refractivity contribution is -0.696. The van der Waals surface area contributed by atoms with Gasteiger partial charge >= 0.3 is 0 Å². The Morgan fingerprint density at radius 2 is 2.36 bits per heavy atom. The van der Waals surface area contributed by atoms with Crippen LogP contribution in [-0.2, 0) is 20.9 Å². The molecule has 2 aromatic heterocycles. The molecule has 2 aliphatic heterocycles. The van der Waals surface area contributed by atoms with Gasteiger partial charge in [-0.15, -0.1) is 11.8 Å². The molecule has 10 nitrogen and oxygen atoms in total. The first-order valence-corrected chi connectivity index (χ1v) is 10.3. The summed E-state index contributed by atoms with van der Waals surface area (Å²) in [4.78, 5) is 36.9. The van der Waals surface area contributed by atoms with Gasteiger partial charge in [-0.2, -0.15) is 4.40 Å². The summed E-state index contributed by atoms with van der Waals surface area (Å²) < 4.78 is 3.59. The van der Waals surface area contributed by atoms with Crippen molar-refractivity contribution in [1.82, 2.24) is 14.6 Å². The molecular weight excluding hydrogens is 406 g/mol. The molecule has 3 atom stereocenters. The van der Waals surface area contributed by atoms with Crippen LogP contribution in [0.5, 0.6) is 0 Å². The van der Waals surface area contributed by atoms with Gasteiger partial charge in [-0.1, -0.05) is 11.3 Å². The van der Waals surface area contributed by atoms with Crippen molar-refractivity contribution in [2.45, 2.75) is 24.0 Å². The van der Waals surface area contributed by atoms with Gasteiger partial charge in [0.2, 0.25) is 17.1 Å². The third kappa shape index (κ3) is 2.80. The lowest BCUT2D eigenvalue weighted by Crippen LogP contribution is -2.69. The molecule has 0 aromatic carbocycles. The van der Waals surface area contributed by atoms with Gasteiger partial charge in [0.15, 0.2) is 6.04 Å². The zero-order valence-corrected chi connectivity index (χ0v) is 16.1. The van der Waals surface area contributed by atoms with E-state index < -0.39 is 29.3 Å². The van der Waals surface area contributed by atoms with Crippen LogP contribution in [0.3, 0.4) is 0 Å². The predicted octanol–water partition coefficient (Wildman–Crippen LogP) is -2.69. The summed E-state index contributed by atoms with van der Waals surface area (Å²) in [5.74, 6) is -0.886. The van der Waals surface area contributed by atoms with Crippen LogP contribution in [0, 0.1) is 0 Å². The van der Waals surface area contributed by atoms with Crippen molar-refractivity contribution in [2.75, 3.05) is 12.4 Å². The summed E-state index contributed by atoms with van der Waals surface area (Å²) >= 11 is 2.87. The molecule has 0 unspecified atom stereocenters. The summed E-state index contributed by atoms with van der Waals surface area (Å²) in [7, 11) is 0. The summed E-state index contributed by atoms with van der Waals surface area (Å²) in [5, 5.41) is 25.5. The van der Waals surface area contributed by atoms with Gasteiger partial charge in [0.1, 0.15) is 30.4 Å². The van der Waals surface area contributed by atoms with E-state index in [0.717, 1.165) is 4.83 Å². The number of aliphatic hydroxyl groups is 1. The molecule has 2 aromatic rings. The Labute approximate surface area is 167 Å². The summed E-state index contributed by atoms with van der Waals surface area (Å²) in [6, 6.07) is -1.39. The van der Waals surface area contributed by atoms with Crippen molar-refractivity contribution in [3.8, 4) is 0 Å². The van der Waals surface area contributed by atoms with Crippen LogP contribution in [0.4, 0.5) is 0 Å². The maximum atomic E-state index is 12.1. The number of nitrogens with one attached hydrogen (secondary N) is 1. The van der Waals surface area contributed by atoms with Crippen molar-refractivity contribution < 1.29 is 29.2 Å². The molecule has 2 amide bonds. The first-order chi connectivity index (χ1) is 13.5. The average Bonchev–Trinajstić information content (AvgIpc) is 3.26. The molecule has 12 heteroatoms. The minimum absolute atomic E-state index is 0.146. The first kappa shape index (κ1) is 18.9. The lowest BCUT2D eigenvalue weighted by atomic mass is 10.0. The van der Waals surface area contributed by atoms with Gasteiger partial charge < -0.3 is 26.1 Å². The molecule has 148 valence electrons. The summed E-state index contributed by atoms with van der Waals surface area (Å²) in [6.07, 6.45) is 4.12. The second-order valence-corrected chi connectivity index (χ2v) is 8.45. The Morgan fingerprint density at radius 1 is 1.57 bits per heavy atom. The number of hydrogen-bond acceptors (Lipinski definition) is 8. The van der Waals surface area contributed by atoms with E-state index in [9.17, 15) is 24.6 Å². The second-order valence-electron chi connectivity index (χ2n) is 6.42. The topological polar surface area (TPSA) is 144 Å². The van der Waals surface area contributed by atoms with Crippen molar-refractivity contribution >= 4 is 46.2 Å². The highest BCUT2D eigenvalue weighted by Crippen LogP contribution is 2.39. The van der Waals surface area contributed by atoms with Crippen LogP contribution in [0.25, 0.3) is 4.83 Å². The molecular formula is C16H17N5O5S2. The number of nitrogens with zero attached hydrogens (tertiary/aromatic N) is 3. The Hall–Kier alpha value is -2.41. The minimum Gasteiger partial charge on any atom is -0.543 e. The molecule has 0 radical (unpaired) electrons. The number of aliphatic carboxylic acids is 1. The molecule has 4 rings (SSSR count). The molecule has 0 aliphatic carbocycles. The molecule has 4 heterocycles. The predicted molar refractivity (Wildman–Crippen MR) is 97.6 cm³/mol. The fraction of sp³-hybridized carbons (Fsp3) is 0.375. The van der Waals surface area contributed by atoms with Gasteiger partial charge in [0.05, 0.1) is 18.3 Å². The van der Waals surface area contributed by atoms with Crippen LogP contribution < -0.4 is 20.7 Å². The minimum atomic E-state index is -1.42. The molecule has 0 bridgehead atoms. The van der Waals surface area contributed by atoms with E-state index in [4.69, 9.17) is 5.73 Å². The maximum Gasteiger partial charge on any atom is 0.288 e. The van der Waals surface area contributed by atoms with E-state index in [1.165, 1.54) is 28.0 Å². The van der Waals surface area contributed by atoms with Crippen molar-refractivity contribution in [1.29, 1.82) is 0 Å². The van der Waals surface area contributed by atoms with E-state index in [2.05, 4.69) is 5.32 Å². The van der Waals surface area contributed by atoms with Crippen LogP contribution in [0.1, 0.15) is 11.9 Å². The van der Waals surface area contributed by atoms with E-state index in [1.807, 2.05) is 16.0 Å². The highest BCUT2D eigenvalue weighted by atomic mass is 32.2.